The van der Waals surface area contributed by atoms with E-state index in [9.17, 15) is 26.4 Å². The fourth-order valence-corrected chi connectivity index (χ4v) is 8.95. The molecular formula is C39H40Cl2N8O6S2. The van der Waals surface area contributed by atoms with E-state index in [1.807, 2.05) is 0 Å². The highest BCUT2D eigenvalue weighted by atomic mass is 35.5. The second kappa shape index (κ2) is 16.6. The number of amides is 2. The Labute approximate surface area is 340 Å². The summed E-state index contributed by atoms with van der Waals surface area (Å²) in [4.78, 5) is 41.0. The molecule has 2 amide bonds. The molecule has 4 heterocycles. The van der Waals surface area contributed by atoms with Crippen LogP contribution in [-0.2, 0) is 19.7 Å². The number of sulfone groups is 2. The molecule has 0 fully saturated rings. The van der Waals surface area contributed by atoms with Crippen molar-refractivity contribution >= 4 is 99.2 Å². The van der Waals surface area contributed by atoms with Crippen LogP contribution in [0.5, 0.6) is 0 Å². The van der Waals surface area contributed by atoms with Gasteiger partial charge in [-0.05, 0) is 88.6 Å². The summed E-state index contributed by atoms with van der Waals surface area (Å²) in [5.41, 5.74) is 15.5. The molecule has 4 aromatic heterocycles. The fraction of sp³-hybridized carbons (Fsp3) is 0.231. The Morgan fingerprint density at radius 2 is 1.09 bits per heavy atom. The number of aromatic nitrogens is 4. The van der Waals surface area contributed by atoms with Crippen molar-refractivity contribution in [1.82, 2.24) is 19.9 Å². The van der Waals surface area contributed by atoms with Gasteiger partial charge in [-0.1, -0.05) is 30.1 Å². The van der Waals surface area contributed by atoms with Crippen LogP contribution in [0, 0.1) is 13.8 Å². The van der Waals surface area contributed by atoms with Gasteiger partial charge < -0.3 is 22.1 Å². The maximum atomic E-state index is 13.0. The number of carbonyl (C=O) groups is 2. The summed E-state index contributed by atoms with van der Waals surface area (Å²) in [5, 5.41) is 7.95. The molecule has 2 aromatic carbocycles. The summed E-state index contributed by atoms with van der Waals surface area (Å²) < 4.78 is 50.3. The number of nitrogens with zero attached hydrogens (tertiary/aromatic N) is 4. The van der Waals surface area contributed by atoms with Crippen molar-refractivity contribution in [2.24, 2.45) is 11.5 Å². The van der Waals surface area contributed by atoms with Crippen LogP contribution in [0.15, 0.2) is 83.4 Å². The quantitative estimate of drug-likeness (QED) is 0.104. The first-order valence-corrected chi connectivity index (χ1v) is 21.2. The molecule has 6 N–H and O–H groups in total. The van der Waals surface area contributed by atoms with E-state index >= 15 is 0 Å². The third-order valence-electron chi connectivity index (χ3n) is 8.70. The number of rotatable bonds is 10. The molecule has 0 saturated heterocycles. The van der Waals surface area contributed by atoms with E-state index in [4.69, 9.17) is 34.7 Å². The first-order chi connectivity index (χ1) is 26.6. The highest BCUT2D eigenvalue weighted by Crippen LogP contribution is 2.36. The zero-order valence-corrected chi connectivity index (χ0v) is 35.0. The van der Waals surface area contributed by atoms with Gasteiger partial charge in [0.1, 0.15) is 0 Å². The molecule has 0 saturated carbocycles. The normalized spacial score (nSPS) is 11.9. The zero-order valence-electron chi connectivity index (χ0n) is 31.8. The lowest BCUT2D eigenvalue weighted by Gasteiger charge is -2.21. The molecule has 0 radical (unpaired) electrons. The van der Waals surface area contributed by atoms with Crippen LogP contribution < -0.4 is 22.1 Å². The molecule has 6 aromatic rings. The maximum Gasteiger partial charge on any atom is 0.252 e. The Morgan fingerprint density at radius 3 is 1.47 bits per heavy atom. The summed E-state index contributed by atoms with van der Waals surface area (Å²) in [6, 6.07) is 9.49. The van der Waals surface area contributed by atoms with Crippen LogP contribution in [0.4, 0.5) is 22.7 Å². The maximum absolute atomic E-state index is 13.0. The molecule has 0 aliphatic carbocycles. The molecule has 57 heavy (non-hydrogen) atoms. The standard InChI is InChI=1S/C20H21ClN4O3S.C19H19ClN4O3S/c1-11-5-14(29(27,28)20(2,3)4)7-15-17(11)24-10-16(19(22)26)18(15)25-13-6-12(21)8-23-9-13;1-3-4-28(26,27)14-5-11(2)17-15(7-14)18(16(10-23-17)19(21)25)24-13-6-12(20)8-22-9-13/h5-10H,1-4H3,(H2,22,26)(H,24,25);5-10H,3-4H2,1-2H3,(H2,21,25)(H,23,24). The minimum absolute atomic E-state index is 0.0296. The Bertz CT molecular complexity index is 2800. The van der Waals surface area contributed by atoms with Crippen LogP contribution in [0.2, 0.25) is 10.0 Å². The Balaban J connectivity index is 0.000000218. The Hall–Kier alpha value is -5.42. The number of primary amides is 2. The third-order valence-corrected chi connectivity index (χ3v) is 13.5. The summed E-state index contributed by atoms with van der Waals surface area (Å²) in [6.07, 6.45) is 9.27. The first kappa shape index (κ1) is 42.7. The lowest BCUT2D eigenvalue weighted by atomic mass is 10.1. The topological polar surface area (TPSA) is 230 Å². The van der Waals surface area contributed by atoms with E-state index in [0.717, 1.165) is 0 Å². The van der Waals surface area contributed by atoms with Crippen LogP contribution in [-0.4, -0.2) is 59.1 Å². The van der Waals surface area contributed by atoms with Crippen LogP contribution in [0.25, 0.3) is 21.8 Å². The van der Waals surface area contributed by atoms with E-state index in [1.165, 1.54) is 49.3 Å². The van der Waals surface area contributed by atoms with Crippen molar-refractivity contribution in [2.45, 2.75) is 62.5 Å². The van der Waals surface area contributed by atoms with Gasteiger partial charge in [-0.2, -0.15) is 0 Å². The van der Waals surface area contributed by atoms with E-state index in [-0.39, 0.29) is 26.7 Å². The van der Waals surface area contributed by atoms with Crippen molar-refractivity contribution in [2.75, 3.05) is 16.4 Å². The minimum Gasteiger partial charge on any atom is -0.365 e. The molecule has 0 spiro atoms. The number of halogens is 2. The van der Waals surface area contributed by atoms with E-state index in [1.54, 1.807) is 65.8 Å². The van der Waals surface area contributed by atoms with Gasteiger partial charge in [0.15, 0.2) is 19.7 Å². The summed E-state index contributed by atoms with van der Waals surface area (Å²) in [7, 11) is -7.08. The van der Waals surface area contributed by atoms with E-state index in [2.05, 4.69) is 30.6 Å². The number of aryl methyl sites for hydroxylation is 2. The molecule has 298 valence electrons. The molecule has 0 unspecified atom stereocenters. The van der Waals surface area contributed by atoms with E-state index in [0.29, 0.717) is 72.1 Å². The smallest absolute Gasteiger partial charge is 0.252 e. The number of carbonyl (C=O) groups excluding carboxylic acids is 2. The van der Waals surface area contributed by atoms with Gasteiger partial charge in [-0.25, -0.2) is 16.8 Å². The lowest BCUT2D eigenvalue weighted by Crippen LogP contribution is -2.28. The van der Waals surface area contributed by atoms with Gasteiger partial charge >= 0.3 is 0 Å². The Kier molecular flexibility index (Phi) is 12.4. The molecular weight excluding hydrogens is 812 g/mol. The third kappa shape index (κ3) is 9.25. The molecule has 0 aliphatic rings. The zero-order chi connectivity index (χ0) is 42.0. The summed E-state index contributed by atoms with van der Waals surface area (Å²) in [5.74, 6) is -1.35. The molecule has 6 rings (SSSR count). The van der Waals surface area contributed by atoms with E-state index < -0.39 is 36.2 Å². The van der Waals surface area contributed by atoms with Gasteiger partial charge in [0.05, 0.1) is 87.6 Å². The predicted molar refractivity (Wildman–Crippen MR) is 224 cm³/mol. The summed E-state index contributed by atoms with van der Waals surface area (Å²) >= 11 is 12.0. The SMILES string of the molecule is CCCS(=O)(=O)c1cc(C)c2ncc(C(N)=O)c(Nc3cncc(Cl)c3)c2c1.Cc1cc(S(=O)(=O)C(C)(C)C)cc2c(Nc3cncc(Cl)c3)c(C(N)=O)cnc12. The second-order valence-electron chi connectivity index (χ2n) is 14.1. The van der Waals surface area contributed by atoms with Crippen molar-refractivity contribution in [3.05, 3.63) is 106 Å². The van der Waals surface area contributed by atoms with Crippen molar-refractivity contribution in [3.8, 4) is 0 Å². The number of anilines is 4. The van der Waals surface area contributed by atoms with Crippen molar-refractivity contribution in [3.63, 3.8) is 0 Å². The number of fused-ring (bicyclic) bond motifs is 2. The number of benzene rings is 2. The number of hydrogen-bond donors (Lipinski definition) is 4. The lowest BCUT2D eigenvalue weighted by molar-refractivity contribution is 0.0992. The molecule has 18 heteroatoms. The average molecular weight is 852 g/mol. The molecule has 0 bridgehead atoms. The first-order valence-electron chi connectivity index (χ1n) is 17.3. The highest BCUT2D eigenvalue weighted by Gasteiger charge is 2.32. The minimum atomic E-state index is -3.63. The van der Waals surface area contributed by atoms with Gasteiger partial charge in [0.2, 0.25) is 0 Å². The number of nitrogens with two attached hydrogens (primary N) is 2. The largest absolute Gasteiger partial charge is 0.365 e. The van der Waals surface area contributed by atoms with Crippen LogP contribution >= 0.6 is 23.2 Å². The molecule has 0 aliphatic heterocycles. The average Bonchev–Trinajstić information content (AvgIpc) is 3.11. The molecule has 14 nitrogen and oxygen atoms in total. The predicted octanol–water partition coefficient (Wildman–Crippen LogP) is 7.62. The highest BCUT2D eigenvalue weighted by molar-refractivity contribution is 7.92. The van der Waals surface area contributed by atoms with Gasteiger partial charge in [0, 0.05) is 35.6 Å². The number of nitrogens with one attached hydrogen (secondary N) is 2. The number of hydrogen-bond acceptors (Lipinski definition) is 12. The van der Waals surface area contributed by atoms with Gasteiger partial charge in [-0.15, -0.1) is 0 Å². The monoisotopic (exact) mass is 850 g/mol. The van der Waals surface area contributed by atoms with Crippen molar-refractivity contribution in [1.29, 1.82) is 0 Å². The second-order valence-corrected chi connectivity index (χ2v) is 19.7. The van der Waals surface area contributed by atoms with Crippen molar-refractivity contribution < 1.29 is 26.4 Å². The van der Waals surface area contributed by atoms with Gasteiger partial charge in [0.25, 0.3) is 11.8 Å². The van der Waals surface area contributed by atoms with Crippen LogP contribution in [0.1, 0.15) is 66.0 Å². The van der Waals surface area contributed by atoms with Gasteiger partial charge in [-0.3, -0.25) is 29.5 Å². The number of pyridine rings is 4. The molecule has 0 atom stereocenters. The Morgan fingerprint density at radius 1 is 0.667 bits per heavy atom. The summed E-state index contributed by atoms with van der Waals surface area (Å²) in [6.45, 7) is 10.3. The van der Waals surface area contributed by atoms with Crippen LogP contribution in [0.3, 0.4) is 0 Å². The fourth-order valence-electron chi connectivity index (χ4n) is 5.86.